The molecular weight excluding hydrogens is 586 g/mol. The first-order valence-electron chi connectivity index (χ1n) is 15.9. The molecule has 1 aromatic heterocycles. The fourth-order valence-corrected chi connectivity index (χ4v) is 7.32. The van der Waals surface area contributed by atoms with Crippen LogP contribution in [-0.4, -0.2) is 75.9 Å². The Morgan fingerprint density at radius 1 is 1.13 bits per heavy atom. The van der Waals surface area contributed by atoms with Crippen LogP contribution < -0.4 is 10.1 Å². The molecule has 2 bridgehead atoms. The summed E-state index contributed by atoms with van der Waals surface area (Å²) in [5, 5.41) is 14.4. The van der Waals surface area contributed by atoms with E-state index in [0.717, 1.165) is 25.7 Å². The van der Waals surface area contributed by atoms with Crippen LogP contribution in [-0.2, 0) is 40.1 Å². The minimum atomic E-state index is -0.840. The number of nitrogens with zero attached hydrogens (tertiary/aromatic N) is 4. The summed E-state index contributed by atoms with van der Waals surface area (Å²) < 4.78 is 30.4. The molecule has 0 radical (unpaired) electrons. The molecule has 14 nitrogen and oxygen atoms in total. The van der Waals surface area contributed by atoms with Crippen LogP contribution in [0.15, 0.2) is 18.2 Å². The van der Waals surface area contributed by atoms with Crippen molar-refractivity contribution >= 4 is 17.6 Å². The van der Waals surface area contributed by atoms with Gasteiger partial charge in [0.1, 0.15) is 17.9 Å². The van der Waals surface area contributed by atoms with Gasteiger partial charge in [0.15, 0.2) is 24.0 Å². The van der Waals surface area contributed by atoms with Crippen molar-refractivity contribution < 1.29 is 43.0 Å². The van der Waals surface area contributed by atoms with E-state index in [0.29, 0.717) is 42.1 Å². The smallest absolute Gasteiger partial charge is 0.341 e. The predicted molar refractivity (Wildman–Crippen MR) is 156 cm³/mol. The highest BCUT2D eigenvalue weighted by molar-refractivity contribution is 5.95. The number of carbonyl (C=O) groups is 2. The van der Waals surface area contributed by atoms with Crippen molar-refractivity contribution in [2.45, 2.75) is 97.2 Å². The molecule has 5 fully saturated rings. The molecular formula is C31H43N5O9. The average Bonchev–Trinajstić information content (AvgIpc) is 3.27. The molecule has 45 heavy (non-hydrogen) atoms. The molecule has 1 amide bonds. The maximum absolute atomic E-state index is 12.6. The van der Waals surface area contributed by atoms with E-state index < -0.39 is 29.9 Å². The molecule has 1 aromatic carbocycles. The molecule has 5 aliphatic rings. The van der Waals surface area contributed by atoms with Gasteiger partial charge in [0.05, 0.1) is 19.8 Å². The Morgan fingerprint density at radius 3 is 2.76 bits per heavy atom. The van der Waals surface area contributed by atoms with Crippen LogP contribution in [0.2, 0.25) is 0 Å². The second-order valence-electron chi connectivity index (χ2n) is 12.7. The molecule has 1 aliphatic carbocycles. The normalized spacial score (nSPS) is 33.6. The zero-order valence-corrected chi connectivity index (χ0v) is 26.5. The van der Waals surface area contributed by atoms with Crippen LogP contribution in [0.3, 0.4) is 0 Å². The van der Waals surface area contributed by atoms with E-state index in [9.17, 15) is 9.59 Å². The van der Waals surface area contributed by atoms with Crippen LogP contribution in [0.5, 0.6) is 5.75 Å². The van der Waals surface area contributed by atoms with E-state index in [1.54, 1.807) is 32.0 Å². The number of rotatable bonds is 11. The van der Waals surface area contributed by atoms with E-state index in [2.05, 4.69) is 34.6 Å². The first-order chi connectivity index (χ1) is 21.6. The fraction of sp³-hybridized carbons (Fsp3) is 0.710. The van der Waals surface area contributed by atoms with Crippen molar-refractivity contribution in [1.29, 1.82) is 0 Å². The lowest BCUT2D eigenvalue weighted by molar-refractivity contribution is -0.577. The summed E-state index contributed by atoms with van der Waals surface area (Å²) in [7, 11) is 0. The molecule has 5 heterocycles. The van der Waals surface area contributed by atoms with Gasteiger partial charge in [-0.15, -0.1) is 10.2 Å². The number of ether oxygens (including phenoxy) is 5. The van der Waals surface area contributed by atoms with E-state index in [1.807, 2.05) is 6.92 Å². The molecule has 4 aliphatic heterocycles. The third kappa shape index (κ3) is 6.30. The molecule has 8 atom stereocenters. The van der Waals surface area contributed by atoms with Crippen LogP contribution in [0.25, 0.3) is 0 Å². The largest absolute Gasteiger partial charge is 0.493 e. The summed E-state index contributed by atoms with van der Waals surface area (Å²) in [6.07, 6.45) is 3.33. The number of anilines is 1. The van der Waals surface area contributed by atoms with Gasteiger partial charge in [-0.2, -0.15) is 4.80 Å². The van der Waals surface area contributed by atoms with Crippen molar-refractivity contribution in [1.82, 2.24) is 20.2 Å². The number of aromatic nitrogens is 4. The number of hydrogen-bond acceptors (Lipinski definition) is 12. The molecule has 4 saturated heterocycles. The average molecular weight is 630 g/mol. The lowest BCUT2D eigenvalue weighted by Crippen LogP contribution is -2.70. The minimum absolute atomic E-state index is 0.0687. The van der Waals surface area contributed by atoms with Crippen molar-refractivity contribution in [3.05, 3.63) is 29.6 Å². The predicted octanol–water partition coefficient (Wildman–Crippen LogP) is 3.79. The van der Waals surface area contributed by atoms with E-state index in [-0.39, 0.29) is 43.1 Å². The van der Waals surface area contributed by atoms with Gasteiger partial charge in [-0.1, -0.05) is 13.8 Å². The van der Waals surface area contributed by atoms with E-state index in [4.69, 9.17) is 33.5 Å². The van der Waals surface area contributed by atoms with Gasteiger partial charge in [-0.3, -0.25) is 4.79 Å². The van der Waals surface area contributed by atoms with Gasteiger partial charge in [0.2, 0.25) is 11.7 Å². The lowest BCUT2D eigenvalue weighted by atomic mass is 9.58. The number of nitrogens with one attached hydrogen (secondary N) is 1. The standard InChI is InChI=1S/C31H43N5O9/c1-6-39-27(38)22-10-9-21(32-26(37)17-36-34-20(4)33-35-36)16-25(22)40-14-7-15-41-28-19(3)24-11-8-18(2)23-12-13-30(5)43-29(42-28)31(23,24)45-44-30/h9-10,16,18-19,23-24,28-29H,6-8,11-15,17H2,1-5H3,(H,32,37)/t18-,19-,23?,24+,28+,29-,30-,31-/m1/s1. The summed E-state index contributed by atoms with van der Waals surface area (Å²) >= 11 is 0. The Kier molecular flexibility index (Phi) is 9.12. The number of hydrogen-bond donors (Lipinski definition) is 1. The maximum atomic E-state index is 12.6. The van der Waals surface area contributed by atoms with Gasteiger partial charge in [0, 0.05) is 36.4 Å². The second kappa shape index (κ2) is 12.9. The van der Waals surface area contributed by atoms with Gasteiger partial charge in [-0.25, -0.2) is 14.6 Å². The van der Waals surface area contributed by atoms with Gasteiger partial charge >= 0.3 is 5.97 Å². The van der Waals surface area contributed by atoms with Crippen LogP contribution in [0.1, 0.15) is 76.0 Å². The number of carbonyl (C=O) groups excluding carboxylic acids is 2. The molecule has 1 unspecified atom stereocenters. The molecule has 14 heteroatoms. The van der Waals surface area contributed by atoms with E-state index >= 15 is 0 Å². The highest BCUT2D eigenvalue weighted by Gasteiger charge is 2.69. The molecule has 2 aromatic rings. The Morgan fingerprint density at radius 2 is 1.98 bits per heavy atom. The third-order valence-electron chi connectivity index (χ3n) is 9.52. The highest BCUT2D eigenvalue weighted by Crippen LogP contribution is 2.60. The summed E-state index contributed by atoms with van der Waals surface area (Å²) in [4.78, 5) is 38.4. The van der Waals surface area contributed by atoms with Gasteiger partial charge in [0.25, 0.3) is 0 Å². The van der Waals surface area contributed by atoms with Gasteiger partial charge < -0.3 is 29.0 Å². The van der Waals surface area contributed by atoms with Crippen LogP contribution in [0, 0.1) is 30.6 Å². The first-order valence-corrected chi connectivity index (χ1v) is 15.9. The number of amides is 1. The molecule has 1 saturated carbocycles. The highest BCUT2D eigenvalue weighted by atomic mass is 17.3. The SMILES string of the molecule is CCOC(=O)c1ccc(NC(=O)Cn2nnc(C)n2)cc1OCCCO[C@H]1O[C@@H]2O[C@@]3(C)CCC4[C@H](C)CC[C@@H]([C@H]1C)[C@]42OO3. The van der Waals surface area contributed by atoms with Crippen LogP contribution >= 0.6 is 0 Å². The number of fused-ring (bicyclic) bond motifs is 2. The minimum Gasteiger partial charge on any atom is -0.493 e. The molecule has 7 rings (SSSR count). The number of benzene rings is 1. The Balaban J connectivity index is 1.06. The third-order valence-corrected chi connectivity index (χ3v) is 9.52. The lowest BCUT2D eigenvalue weighted by Gasteiger charge is -2.60. The summed E-state index contributed by atoms with van der Waals surface area (Å²) in [6, 6.07) is 4.77. The van der Waals surface area contributed by atoms with Crippen molar-refractivity contribution in [2.24, 2.45) is 23.7 Å². The Bertz CT molecular complexity index is 1390. The Hall–Kier alpha value is -3.17. The number of aryl methyl sites for hydroxylation is 1. The first kappa shape index (κ1) is 31.8. The summed E-state index contributed by atoms with van der Waals surface area (Å²) in [5.74, 6) is 0.0797. The topological polar surface area (TPSA) is 154 Å². The quantitative estimate of drug-likeness (QED) is 0.218. The monoisotopic (exact) mass is 629 g/mol. The van der Waals surface area contributed by atoms with Gasteiger partial charge in [-0.05, 0) is 69.2 Å². The van der Waals surface area contributed by atoms with Crippen LogP contribution in [0.4, 0.5) is 5.69 Å². The Labute approximate surface area is 262 Å². The maximum Gasteiger partial charge on any atom is 0.341 e. The van der Waals surface area contributed by atoms with Crippen molar-refractivity contribution in [2.75, 3.05) is 25.1 Å². The number of esters is 1. The van der Waals surface area contributed by atoms with Crippen molar-refractivity contribution in [3.63, 3.8) is 0 Å². The fourth-order valence-electron chi connectivity index (χ4n) is 7.32. The molecule has 1 spiro atoms. The van der Waals surface area contributed by atoms with Crippen molar-refractivity contribution in [3.8, 4) is 5.75 Å². The molecule has 1 N–H and O–H groups in total. The summed E-state index contributed by atoms with van der Waals surface area (Å²) in [5.41, 5.74) is 0.0773. The zero-order chi connectivity index (χ0) is 31.8. The summed E-state index contributed by atoms with van der Waals surface area (Å²) in [6.45, 7) is 10.5. The number of tetrazole rings is 1. The van der Waals surface area contributed by atoms with E-state index in [1.165, 1.54) is 4.80 Å². The second-order valence-corrected chi connectivity index (χ2v) is 12.7. The molecule has 246 valence electrons. The zero-order valence-electron chi connectivity index (χ0n) is 26.5.